The van der Waals surface area contributed by atoms with Crippen LogP contribution < -0.4 is 0 Å². The summed E-state index contributed by atoms with van der Waals surface area (Å²) in [4.78, 5) is 6.50. The third-order valence-corrected chi connectivity index (χ3v) is 5.66. The van der Waals surface area contributed by atoms with Crippen molar-refractivity contribution in [3.05, 3.63) is 23.5 Å². The Labute approximate surface area is 114 Å². The smallest absolute Gasteiger partial charge is 0.193 e. The van der Waals surface area contributed by atoms with E-state index in [2.05, 4.69) is 38.1 Å². The molecule has 0 aromatic carbocycles. The van der Waals surface area contributed by atoms with Crippen LogP contribution in [0, 0.1) is 5.92 Å². The van der Waals surface area contributed by atoms with E-state index in [1.807, 2.05) is 0 Å². The number of thiazole rings is 1. The number of hydrogen-bond donors (Lipinski definition) is 0. The van der Waals surface area contributed by atoms with E-state index in [9.17, 15) is 0 Å². The Morgan fingerprint density at radius 2 is 2.24 bits per heavy atom. The van der Waals surface area contributed by atoms with E-state index in [-0.39, 0.29) is 0 Å². The molecule has 2 aromatic rings. The molecule has 4 heteroatoms. The molecule has 2 heterocycles. The zero-order valence-corrected chi connectivity index (χ0v) is 12.2. The van der Waals surface area contributed by atoms with Crippen LogP contribution in [0.1, 0.15) is 37.8 Å². The molecule has 1 fully saturated rings. The van der Waals surface area contributed by atoms with Crippen LogP contribution in [0.4, 0.5) is 0 Å². The standard InChI is InChI=1S/C13H17BrN2S/c14-12-5-3-1-2-4-10(12)8-11-9-16-6-7-17-13(16)15-11/h6-7,9-10,12H,1-5,8H2. The molecule has 1 aliphatic rings. The second kappa shape index (κ2) is 5.11. The van der Waals surface area contributed by atoms with Gasteiger partial charge in [-0.25, -0.2) is 4.98 Å². The Morgan fingerprint density at radius 1 is 1.35 bits per heavy atom. The monoisotopic (exact) mass is 312 g/mol. The highest BCUT2D eigenvalue weighted by atomic mass is 79.9. The molecular formula is C13H17BrN2S. The summed E-state index contributed by atoms with van der Waals surface area (Å²) in [6.07, 6.45) is 12.3. The van der Waals surface area contributed by atoms with Crippen molar-refractivity contribution in [2.45, 2.75) is 43.4 Å². The summed E-state index contributed by atoms with van der Waals surface area (Å²) in [5.41, 5.74) is 1.26. The minimum atomic E-state index is 0.685. The lowest BCUT2D eigenvalue weighted by Crippen LogP contribution is -2.15. The summed E-state index contributed by atoms with van der Waals surface area (Å²) in [6.45, 7) is 0. The quantitative estimate of drug-likeness (QED) is 0.597. The van der Waals surface area contributed by atoms with Crippen molar-refractivity contribution in [1.82, 2.24) is 9.38 Å². The molecule has 0 spiro atoms. The third-order valence-electron chi connectivity index (χ3n) is 3.68. The molecule has 0 saturated heterocycles. The predicted octanol–water partition coefficient (Wildman–Crippen LogP) is 4.28. The van der Waals surface area contributed by atoms with Crippen LogP contribution in [0.15, 0.2) is 17.8 Å². The van der Waals surface area contributed by atoms with Gasteiger partial charge in [-0.2, -0.15) is 0 Å². The van der Waals surface area contributed by atoms with Gasteiger partial charge in [-0.1, -0.05) is 35.2 Å². The number of fused-ring (bicyclic) bond motifs is 1. The topological polar surface area (TPSA) is 17.3 Å². The van der Waals surface area contributed by atoms with Crippen LogP contribution >= 0.6 is 27.3 Å². The van der Waals surface area contributed by atoms with Gasteiger partial charge in [0.15, 0.2) is 4.96 Å². The van der Waals surface area contributed by atoms with Gasteiger partial charge in [-0.05, 0) is 25.2 Å². The lowest BCUT2D eigenvalue weighted by atomic mass is 9.95. The van der Waals surface area contributed by atoms with Gasteiger partial charge in [-0.15, -0.1) is 11.3 Å². The van der Waals surface area contributed by atoms with Crippen molar-refractivity contribution in [1.29, 1.82) is 0 Å². The van der Waals surface area contributed by atoms with Crippen LogP contribution in [0.25, 0.3) is 4.96 Å². The van der Waals surface area contributed by atoms with Crippen molar-refractivity contribution in [2.75, 3.05) is 0 Å². The highest BCUT2D eigenvalue weighted by Gasteiger charge is 2.22. The summed E-state index contributed by atoms with van der Waals surface area (Å²) in [5.74, 6) is 0.766. The molecule has 2 atom stereocenters. The molecule has 2 unspecified atom stereocenters. The maximum Gasteiger partial charge on any atom is 0.193 e. The van der Waals surface area contributed by atoms with E-state index >= 15 is 0 Å². The minimum Gasteiger partial charge on any atom is -0.297 e. The number of alkyl halides is 1. The highest BCUT2D eigenvalue weighted by molar-refractivity contribution is 9.09. The maximum atomic E-state index is 4.69. The van der Waals surface area contributed by atoms with E-state index in [4.69, 9.17) is 4.98 Å². The molecule has 1 aliphatic carbocycles. The molecule has 0 radical (unpaired) electrons. The first kappa shape index (κ1) is 11.7. The lowest BCUT2D eigenvalue weighted by Gasteiger charge is -2.18. The second-order valence-corrected chi connectivity index (χ2v) is 6.99. The van der Waals surface area contributed by atoms with Crippen LogP contribution in [0.3, 0.4) is 0 Å². The molecule has 2 aromatic heterocycles. The fraction of sp³-hybridized carbons (Fsp3) is 0.615. The van der Waals surface area contributed by atoms with Crippen molar-refractivity contribution in [3.63, 3.8) is 0 Å². The van der Waals surface area contributed by atoms with Crippen molar-refractivity contribution < 1.29 is 0 Å². The molecule has 0 N–H and O–H groups in total. The number of rotatable bonds is 2. The first-order chi connectivity index (χ1) is 8.33. The average Bonchev–Trinajstić information content (AvgIpc) is 2.81. The largest absolute Gasteiger partial charge is 0.297 e. The zero-order chi connectivity index (χ0) is 11.7. The van der Waals surface area contributed by atoms with Gasteiger partial charge < -0.3 is 0 Å². The number of hydrogen-bond acceptors (Lipinski definition) is 2. The molecule has 0 aliphatic heterocycles. The van der Waals surface area contributed by atoms with Gasteiger partial charge in [0.1, 0.15) is 0 Å². The Balaban J connectivity index is 1.74. The fourth-order valence-corrected chi connectivity index (χ4v) is 4.21. The van der Waals surface area contributed by atoms with Gasteiger partial charge in [0.05, 0.1) is 5.69 Å². The summed E-state index contributed by atoms with van der Waals surface area (Å²) in [5, 5.41) is 2.09. The minimum absolute atomic E-state index is 0.685. The number of aromatic nitrogens is 2. The summed E-state index contributed by atoms with van der Waals surface area (Å²) in [7, 11) is 0. The molecule has 0 amide bonds. The second-order valence-electron chi connectivity index (χ2n) is 4.94. The molecule has 3 rings (SSSR count). The Bertz CT molecular complexity index is 462. The number of nitrogens with zero attached hydrogens (tertiary/aromatic N) is 2. The third kappa shape index (κ3) is 2.58. The number of halogens is 1. The van der Waals surface area contributed by atoms with Crippen LogP contribution in [-0.4, -0.2) is 14.2 Å². The van der Waals surface area contributed by atoms with Gasteiger partial charge >= 0.3 is 0 Å². The molecular weight excluding hydrogens is 296 g/mol. The molecule has 2 nitrogen and oxygen atoms in total. The van der Waals surface area contributed by atoms with Crippen LogP contribution in [0.2, 0.25) is 0 Å². The van der Waals surface area contributed by atoms with E-state index in [0.29, 0.717) is 4.83 Å². The Morgan fingerprint density at radius 3 is 3.12 bits per heavy atom. The van der Waals surface area contributed by atoms with E-state index in [1.54, 1.807) is 11.3 Å². The van der Waals surface area contributed by atoms with E-state index in [1.165, 1.54) is 37.8 Å². The van der Waals surface area contributed by atoms with Gasteiger partial charge in [0, 0.05) is 22.6 Å². The van der Waals surface area contributed by atoms with E-state index in [0.717, 1.165) is 17.3 Å². The maximum absolute atomic E-state index is 4.69. The molecule has 92 valence electrons. The fourth-order valence-electron chi connectivity index (χ4n) is 2.71. The predicted molar refractivity (Wildman–Crippen MR) is 76.1 cm³/mol. The first-order valence-electron chi connectivity index (χ1n) is 6.38. The highest BCUT2D eigenvalue weighted by Crippen LogP contribution is 2.31. The van der Waals surface area contributed by atoms with Crippen LogP contribution in [0.5, 0.6) is 0 Å². The normalized spacial score (nSPS) is 26.2. The first-order valence-corrected chi connectivity index (χ1v) is 8.17. The molecule has 0 bridgehead atoms. The van der Waals surface area contributed by atoms with Gasteiger partial charge in [0.2, 0.25) is 0 Å². The average molecular weight is 313 g/mol. The van der Waals surface area contributed by atoms with Gasteiger partial charge in [0.25, 0.3) is 0 Å². The Kier molecular flexibility index (Phi) is 3.52. The zero-order valence-electron chi connectivity index (χ0n) is 9.81. The lowest BCUT2D eigenvalue weighted by molar-refractivity contribution is 0.471. The van der Waals surface area contributed by atoms with Gasteiger partial charge in [-0.3, -0.25) is 4.40 Å². The van der Waals surface area contributed by atoms with Crippen molar-refractivity contribution in [2.24, 2.45) is 5.92 Å². The molecule has 17 heavy (non-hydrogen) atoms. The van der Waals surface area contributed by atoms with Crippen LogP contribution in [-0.2, 0) is 6.42 Å². The summed E-state index contributed by atoms with van der Waals surface area (Å²) < 4.78 is 2.14. The summed E-state index contributed by atoms with van der Waals surface area (Å²) >= 11 is 5.58. The van der Waals surface area contributed by atoms with Crippen molar-refractivity contribution in [3.8, 4) is 0 Å². The van der Waals surface area contributed by atoms with E-state index < -0.39 is 0 Å². The van der Waals surface area contributed by atoms with Crippen molar-refractivity contribution >= 4 is 32.2 Å². The SMILES string of the molecule is BrC1CCCCCC1Cc1cn2ccsc2n1. The molecule has 1 saturated carbocycles. The summed E-state index contributed by atoms with van der Waals surface area (Å²) in [6, 6.07) is 0. The number of imidazole rings is 1. The Hall–Kier alpha value is -0.350.